The zero-order valence-corrected chi connectivity index (χ0v) is 14.8. The molecule has 0 heterocycles. The van der Waals surface area contributed by atoms with Gasteiger partial charge in [0.05, 0.1) is 18.4 Å². The summed E-state index contributed by atoms with van der Waals surface area (Å²) in [5.74, 6) is -3.00. The first-order valence-electron chi connectivity index (χ1n) is 8.23. The highest BCUT2D eigenvalue weighted by Gasteiger charge is 2.17. The average Bonchev–Trinajstić information content (AvgIpc) is 2.70. The second kappa shape index (κ2) is 7.87. The highest BCUT2D eigenvalue weighted by atomic mass is 19.2. The molecule has 3 aromatic rings. The lowest BCUT2D eigenvalue weighted by Crippen LogP contribution is -2.09. The molecule has 0 atom stereocenters. The molecule has 5 nitrogen and oxygen atoms in total. The molecule has 0 unspecified atom stereocenters. The molecule has 28 heavy (non-hydrogen) atoms. The van der Waals surface area contributed by atoms with E-state index in [1.54, 1.807) is 24.3 Å². The Balaban J connectivity index is 1.97. The van der Waals surface area contributed by atoms with Crippen molar-refractivity contribution in [1.29, 1.82) is 0 Å². The maximum absolute atomic E-state index is 13.4. The molecule has 0 aliphatic carbocycles. The van der Waals surface area contributed by atoms with Crippen LogP contribution in [-0.4, -0.2) is 18.9 Å². The number of ether oxygens (including phenoxy) is 1. The molecule has 142 valence electrons. The van der Waals surface area contributed by atoms with Gasteiger partial charge in [-0.3, -0.25) is 4.79 Å². The van der Waals surface area contributed by atoms with E-state index in [1.165, 1.54) is 31.4 Å². The van der Waals surface area contributed by atoms with Crippen LogP contribution in [0.15, 0.2) is 60.7 Å². The zero-order valence-electron chi connectivity index (χ0n) is 14.8. The molecule has 0 amide bonds. The summed E-state index contributed by atoms with van der Waals surface area (Å²) in [6.45, 7) is 0. The van der Waals surface area contributed by atoms with Gasteiger partial charge in [-0.25, -0.2) is 13.6 Å². The molecule has 0 aromatic heterocycles. The van der Waals surface area contributed by atoms with Crippen LogP contribution in [0.2, 0.25) is 0 Å². The maximum Gasteiger partial charge on any atom is 0.339 e. The number of nitrogens with two attached hydrogens (primary N) is 1. The molecule has 0 aliphatic rings. The van der Waals surface area contributed by atoms with E-state index < -0.39 is 17.6 Å². The quantitative estimate of drug-likeness (QED) is 0.390. The van der Waals surface area contributed by atoms with E-state index in [4.69, 9.17) is 10.5 Å². The summed E-state index contributed by atoms with van der Waals surface area (Å²) in [6.07, 6.45) is 0. The molecule has 0 saturated heterocycles. The average molecular weight is 382 g/mol. The molecule has 0 fully saturated rings. The van der Waals surface area contributed by atoms with Gasteiger partial charge in [-0.15, -0.1) is 0 Å². The van der Waals surface area contributed by atoms with Crippen LogP contribution in [0, 0.1) is 11.6 Å². The highest BCUT2D eigenvalue weighted by Crippen LogP contribution is 2.25. The fourth-order valence-electron chi connectivity index (χ4n) is 2.60. The molecular formula is C21H16F2N2O3. The number of esters is 1. The minimum Gasteiger partial charge on any atom is -0.465 e. The number of methoxy groups -OCH3 is 1. The highest BCUT2D eigenvalue weighted by molar-refractivity contribution is 6.11. The van der Waals surface area contributed by atoms with Gasteiger partial charge >= 0.3 is 5.97 Å². The third kappa shape index (κ3) is 3.98. The molecule has 0 saturated carbocycles. The van der Waals surface area contributed by atoms with Crippen molar-refractivity contribution in [3.8, 4) is 0 Å². The Morgan fingerprint density at radius 1 is 0.893 bits per heavy atom. The number of hydrogen-bond acceptors (Lipinski definition) is 5. The molecule has 0 aliphatic heterocycles. The lowest BCUT2D eigenvalue weighted by atomic mass is 10.00. The number of carbonyl (C=O) groups is 2. The Labute approximate surface area is 159 Å². The molecule has 0 radical (unpaired) electrons. The minimum absolute atomic E-state index is 0.0773. The number of anilines is 3. The van der Waals surface area contributed by atoms with Crippen molar-refractivity contribution in [2.24, 2.45) is 0 Å². The van der Waals surface area contributed by atoms with Crippen LogP contribution in [0.3, 0.4) is 0 Å². The first-order valence-corrected chi connectivity index (χ1v) is 8.23. The number of halogens is 2. The second-order valence-electron chi connectivity index (χ2n) is 5.96. The Kier molecular flexibility index (Phi) is 5.35. The predicted molar refractivity (Wildman–Crippen MR) is 102 cm³/mol. The van der Waals surface area contributed by atoms with Gasteiger partial charge < -0.3 is 15.8 Å². The van der Waals surface area contributed by atoms with E-state index in [-0.39, 0.29) is 28.3 Å². The summed E-state index contributed by atoms with van der Waals surface area (Å²) >= 11 is 0. The number of nitrogens with one attached hydrogen (secondary N) is 1. The summed E-state index contributed by atoms with van der Waals surface area (Å²) in [6, 6.07) is 14.0. The van der Waals surface area contributed by atoms with Crippen molar-refractivity contribution in [2.45, 2.75) is 0 Å². The van der Waals surface area contributed by atoms with Crippen molar-refractivity contribution in [3.63, 3.8) is 0 Å². The topological polar surface area (TPSA) is 81.4 Å². The summed E-state index contributed by atoms with van der Waals surface area (Å²) in [5.41, 5.74) is 7.43. The summed E-state index contributed by atoms with van der Waals surface area (Å²) in [5, 5.41) is 2.83. The molecule has 7 heteroatoms. The predicted octanol–water partition coefficient (Wildman–Crippen LogP) is 4.31. The van der Waals surface area contributed by atoms with Crippen LogP contribution in [0.1, 0.15) is 26.3 Å². The normalized spacial score (nSPS) is 10.4. The number of nitrogen functional groups attached to an aromatic ring is 1. The van der Waals surface area contributed by atoms with Gasteiger partial charge in [-0.1, -0.05) is 0 Å². The van der Waals surface area contributed by atoms with Gasteiger partial charge in [0.15, 0.2) is 17.4 Å². The molecule has 3 N–H and O–H groups in total. The Morgan fingerprint density at radius 2 is 1.57 bits per heavy atom. The van der Waals surface area contributed by atoms with Gasteiger partial charge in [0.1, 0.15) is 0 Å². The zero-order chi connectivity index (χ0) is 20.3. The van der Waals surface area contributed by atoms with E-state index in [9.17, 15) is 18.4 Å². The molecule has 0 bridgehead atoms. The minimum atomic E-state index is -1.03. The van der Waals surface area contributed by atoms with Gasteiger partial charge in [0, 0.05) is 28.6 Å². The van der Waals surface area contributed by atoms with Gasteiger partial charge in [-0.2, -0.15) is 0 Å². The maximum atomic E-state index is 13.4. The molecular weight excluding hydrogens is 366 g/mol. The Bertz CT molecular complexity index is 1050. The number of carbonyl (C=O) groups excluding carboxylic acids is 2. The second-order valence-corrected chi connectivity index (χ2v) is 5.96. The van der Waals surface area contributed by atoms with Crippen LogP contribution >= 0.6 is 0 Å². The smallest absolute Gasteiger partial charge is 0.339 e. The first kappa shape index (κ1) is 19.0. The van der Waals surface area contributed by atoms with E-state index >= 15 is 0 Å². The number of ketones is 1. The third-order valence-electron chi connectivity index (χ3n) is 4.06. The SMILES string of the molecule is COC(=O)c1cc(C(=O)c2ccc(N)cc2)ccc1Nc1ccc(F)c(F)c1. The number of hydrogen-bond donors (Lipinski definition) is 2. The largest absolute Gasteiger partial charge is 0.465 e. The van der Waals surface area contributed by atoms with E-state index in [2.05, 4.69) is 5.32 Å². The lowest BCUT2D eigenvalue weighted by Gasteiger charge is -2.13. The van der Waals surface area contributed by atoms with Crippen LogP contribution in [0.5, 0.6) is 0 Å². The number of rotatable bonds is 5. The van der Waals surface area contributed by atoms with E-state index in [0.717, 1.165) is 12.1 Å². The van der Waals surface area contributed by atoms with Gasteiger partial charge in [-0.05, 0) is 54.6 Å². The van der Waals surface area contributed by atoms with E-state index in [1.807, 2.05) is 0 Å². The fraction of sp³-hybridized carbons (Fsp3) is 0.0476. The van der Waals surface area contributed by atoms with Crippen molar-refractivity contribution in [1.82, 2.24) is 0 Å². The lowest BCUT2D eigenvalue weighted by molar-refractivity contribution is 0.0602. The van der Waals surface area contributed by atoms with E-state index in [0.29, 0.717) is 11.3 Å². The number of benzene rings is 3. The molecule has 3 rings (SSSR count). The Morgan fingerprint density at radius 3 is 2.21 bits per heavy atom. The summed E-state index contributed by atoms with van der Waals surface area (Å²) in [7, 11) is 1.21. The van der Waals surface area contributed by atoms with Gasteiger partial charge in [0.25, 0.3) is 0 Å². The van der Waals surface area contributed by atoms with Crippen LogP contribution in [0.4, 0.5) is 25.8 Å². The van der Waals surface area contributed by atoms with Crippen molar-refractivity contribution in [2.75, 3.05) is 18.2 Å². The van der Waals surface area contributed by atoms with Crippen molar-refractivity contribution >= 4 is 28.8 Å². The summed E-state index contributed by atoms with van der Waals surface area (Å²) < 4.78 is 31.3. The van der Waals surface area contributed by atoms with Crippen molar-refractivity contribution < 1.29 is 23.1 Å². The third-order valence-corrected chi connectivity index (χ3v) is 4.06. The standard InChI is InChI=1S/C21H16F2N2O3/c1-28-21(27)16-10-13(20(26)12-2-5-14(24)6-3-12)4-9-19(16)25-15-7-8-17(22)18(23)11-15/h2-11,25H,24H2,1H3. The first-order chi connectivity index (χ1) is 13.4. The monoisotopic (exact) mass is 382 g/mol. The summed E-state index contributed by atoms with van der Waals surface area (Å²) in [4.78, 5) is 24.8. The molecule has 3 aromatic carbocycles. The van der Waals surface area contributed by atoms with Crippen LogP contribution < -0.4 is 11.1 Å². The molecule has 0 spiro atoms. The Hall–Kier alpha value is -3.74. The van der Waals surface area contributed by atoms with Crippen molar-refractivity contribution in [3.05, 3.63) is 89.0 Å². The van der Waals surface area contributed by atoms with Crippen LogP contribution in [-0.2, 0) is 4.74 Å². The van der Waals surface area contributed by atoms with Crippen LogP contribution in [0.25, 0.3) is 0 Å². The van der Waals surface area contributed by atoms with Gasteiger partial charge in [0.2, 0.25) is 0 Å². The fourth-order valence-corrected chi connectivity index (χ4v) is 2.60.